The number of pyridine rings is 1. The lowest BCUT2D eigenvalue weighted by Gasteiger charge is -2.33. The van der Waals surface area contributed by atoms with Gasteiger partial charge in [-0.2, -0.15) is 13.2 Å². The van der Waals surface area contributed by atoms with Crippen molar-refractivity contribution in [2.75, 3.05) is 19.0 Å². The summed E-state index contributed by atoms with van der Waals surface area (Å²) in [5.41, 5.74) is 0.275. The van der Waals surface area contributed by atoms with Crippen LogP contribution in [0.5, 0.6) is 0 Å². The highest BCUT2D eigenvalue weighted by Gasteiger charge is 2.45. The third kappa shape index (κ3) is 3.90. The van der Waals surface area contributed by atoms with Crippen LogP contribution in [0.3, 0.4) is 0 Å². The summed E-state index contributed by atoms with van der Waals surface area (Å²) in [4.78, 5) is 18.0. The minimum Gasteiger partial charge on any atom is -0.363 e. The first-order valence-electron chi connectivity index (χ1n) is 7.30. The zero-order chi connectivity index (χ0) is 16.3. The lowest BCUT2D eigenvalue weighted by molar-refractivity contribution is -0.187. The number of nitrogens with one attached hydrogen (secondary N) is 1. The van der Waals surface area contributed by atoms with Gasteiger partial charge in [-0.15, -0.1) is 0 Å². The number of hydrogen-bond acceptors (Lipinski definition) is 3. The van der Waals surface area contributed by atoms with Crippen LogP contribution in [0.2, 0.25) is 0 Å². The maximum Gasteiger partial charge on any atom is 0.393 e. The minimum absolute atomic E-state index is 0.0757. The number of carbonyl (C=O) groups excluding carboxylic acids is 1. The van der Waals surface area contributed by atoms with Crippen molar-refractivity contribution in [2.24, 2.45) is 5.92 Å². The topological polar surface area (TPSA) is 45.2 Å². The Bertz CT molecular complexity index is 514. The average molecular weight is 315 g/mol. The van der Waals surface area contributed by atoms with Crippen molar-refractivity contribution in [3.8, 4) is 0 Å². The first-order valence-corrected chi connectivity index (χ1v) is 7.30. The molecule has 0 spiro atoms. The molecule has 1 amide bonds. The van der Waals surface area contributed by atoms with Crippen molar-refractivity contribution < 1.29 is 18.0 Å². The quantitative estimate of drug-likeness (QED) is 0.932. The van der Waals surface area contributed by atoms with Gasteiger partial charge in [-0.1, -0.05) is 12.8 Å². The number of alkyl halides is 3. The molecule has 1 aromatic rings. The highest BCUT2D eigenvalue weighted by molar-refractivity contribution is 5.94. The molecule has 4 nitrogen and oxygen atoms in total. The third-order valence-electron chi connectivity index (χ3n) is 3.97. The molecule has 1 heterocycles. The second-order valence-electron chi connectivity index (χ2n) is 5.81. The van der Waals surface area contributed by atoms with Gasteiger partial charge in [-0.3, -0.25) is 4.79 Å². The van der Waals surface area contributed by atoms with Gasteiger partial charge in [0.05, 0.1) is 11.5 Å². The van der Waals surface area contributed by atoms with Gasteiger partial charge in [0.15, 0.2) is 0 Å². The molecule has 122 valence electrons. The molecule has 7 heteroatoms. The van der Waals surface area contributed by atoms with E-state index in [-0.39, 0.29) is 12.0 Å². The maximum atomic E-state index is 13.0. The van der Waals surface area contributed by atoms with E-state index in [1.54, 1.807) is 17.0 Å². The molecule has 0 saturated heterocycles. The van der Waals surface area contributed by atoms with Crippen molar-refractivity contribution in [1.82, 2.24) is 10.3 Å². The van der Waals surface area contributed by atoms with E-state index in [1.807, 2.05) is 14.1 Å². The molecular weight excluding hydrogens is 295 g/mol. The van der Waals surface area contributed by atoms with Crippen molar-refractivity contribution in [2.45, 2.75) is 37.9 Å². The summed E-state index contributed by atoms with van der Waals surface area (Å²) in [6.45, 7) is 0. The Balaban J connectivity index is 2.06. The fourth-order valence-corrected chi connectivity index (χ4v) is 2.73. The van der Waals surface area contributed by atoms with Crippen molar-refractivity contribution in [3.63, 3.8) is 0 Å². The molecule has 2 rings (SSSR count). The molecule has 1 aliphatic carbocycles. The van der Waals surface area contributed by atoms with E-state index in [1.165, 1.54) is 6.20 Å². The number of nitrogens with zero attached hydrogens (tertiary/aromatic N) is 2. The summed E-state index contributed by atoms with van der Waals surface area (Å²) in [5.74, 6) is -1.28. The smallest absolute Gasteiger partial charge is 0.363 e. The molecule has 1 N–H and O–H groups in total. The SMILES string of the molecule is CN(C)c1ccc(C(=O)NC2CCCCC2C(F)(F)F)cn1. The van der Waals surface area contributed by atoms with Crippen molar-refractivity contribution >= 4 is 11.7 Å². The predicted octanol–water partition coefficient (Wildman–Crippen LogP) is 3.00. The van der Waals surface area contributed by atoms with Crippen LogP contribution >= 0.6 is 0 Å². The van der Waals surface area contributed by atoms with Gasteiger partial charge in [-0.05, 0) is 25.0 Å². The van der Waals surface area contributed by atoms with Crippen molar-refractivity contribution in [1.29, 1.82) is 0 Å². The maximum absolute atomic E-state index is 13.0. The summed E-state index contributed by atoms with van der Waals surface area (Å²) in [5, 5.41) is 2.53. The number of carbonyl (C=O) groups is 1. The number of rotatable bonds is 3. The van der Waals surface area contributed by atoms with Gasteiger partial charge in [0.1, 0.15) is 5.82 Å². The van der Waals surface area contributed by atoms with E-state index in [0.717, 1.165) is 0 Å². The van der Waals surface area contributed by atoms with Gasteiger partial charge < -0.3 is 10.2 Å². The fourth-order valence-electron chi connectivity index (χ4n) is 2.73. The summed E-state index contributed by atoms with van der Waals surface area (Å²) >= 11 is 0. The molecule has 0 radical (unpaired) electrons. The Labute approximate surface area is 127 Å². The summed E-state index contributed by atoms with van der Waals surface area (Å²) in [7, 11) is 3.63. The Morgan fingerprint density at radius 1 is 1.27 bits per heavy atom. The first-order chi connectivity index (χ1) is 10.3. The molecule has 0 bridgehead atoms. The Kier molecular flexibility index (Phi) is 4.93. The summed E-state index contributed by atoms with van der Waals surface area (Å²) in [6, 6.07) is 2.38. The fraction of sp³-hybridized carbons (Fsp3) is 0.600. The van der Waals surface area contributed by atoms with Crippen LogP contribution in [-0.4, -0.2) is 37.2 Å². The van der Waals surface area contributed by atoms with E-state index in [2.05, 4.69) is 10.3 Å². The highest BCUT2D eigenvalue weighted by atomic mass is 19.4. The summed E-state index contributed by atoms with van der Waals surface area (Å²) in [6.07, 6.45) is -1.20. The van der Waals surface area contributed by atoms with Crippen LogP contribution in [0.15, 0.2) is 18.3 Å². The average Bonchev–Trinajstić information content (AvgIpc) is 2.46. The van der Waals surface area contributed by atoms with Crippen LogP contribution < -0.4 is 10.2 Å². The number of anilines is 1. The van der Waals surface area contributed by atoms with Crippen molar-refractivity contribution in [3.05, 3.63) is 23.9 Å². The van der Waals surface area contributed by atoms with Crippen LogP contribution in [0, 0.1) is 5.92 Å². The summed E-state index contributed by atoms with van der Waals surface area (Å²) < 4.78 is 39.1. The molecule has 2 unspecified atom stereocenters. The Morgan fingerprint density at radius 2 is 1.95 bits per heavy atom. The number of aromatic nitrogens is 1. The van der Waals surface area contributed by atoms with Gasteiger partial charge in [0, 0.05) is 26.3 Å². The van der Waals surface area contributed by atoms with Gasteiger partial charge in [0.2, 0.25) is 0 Å². The molecule has 1 aromatic heterocycles. The molecular formula is C15H20F3N3O. The van der Waals surface area contributed by atoms with Gasteiger partial charge >= 0.3 is 6.18 Å². The van der Waals surface area contributed by atoms with E-state index in [4.69, 9.17) is 0 Å². The second-order valence-corrected chi connectivity index (χ2v) is 5.81. The first kappa shape index (κ1) is 16.6. The number of amides is 1. The van der Waals surface area contributed by atoms with Crippen LogP contribution in [-0.2, 0) is 0 Å². The molecule has 22 heavy (non-hydrogen) atoms. The number of halogens is 3. The molecule has 1 fully saturated rings. The standard InChI is InChI=1S/C15H20F3N3O/c1-21(2)13-8-7-10(9-19-13)14(22)20-12-6-4-3-5-11(12)15(16,17)18/h7-9,11-12H,3-6H2,1-2H3,(H,20,22). The van der Waals surface area contributed by atoms with Crippen LogP contribution in [0.4, 0.5) is 19.0 Å². The van der Waals surface area contributed by atoms with E-state index in [9.17, 15) is 18.0 Å². The largest absolute Gasteiger partial charge is 0.393 e. The zero-order valence-corrected chi connectivity index (χ0v) is 12.7. The Hall–Kier alpha value is -1.79. The molecule has 0 aliphatic heterocycles. The zero-order valence-electron chi connectivity index (χ0n) is 12.7. The van der Waals surface area contributed by atoms with Crippen LogP contribution in [0.1, 0.15) is 36.0 Å². The van der Waals surface area contributed by atoms with E-state index >= 15 is 0 Å². The Morgan fingerprint density at radius 3 is 2.50 bits per heavy atom. The lowest BCUT2D eigenvalue weighted by atomic mass is 9.84. The molecule has 0 aromatic carbocycles. The number of hydrogen-bond donors (Lipinski definition) is 1. The third-order valence-corrected chi connectivity index (χ3v) is 3.97. The lowest BCUT2D eigenvalue weighted by Crippen LogP contribution is -2.47. The van der Waals surface area contributed by atoms with Gasteiger partial charge in [0.25, 0.3) is 5.91 Å². The van der Waals surface area contributed by atoms with E-state index < -0.39 is 24.0 Å². The van der Waals surface area contributed by atoms with Crippen LogP contribution in [0.25, 0.3) is 0 Å². The monoisotopic (exact) mass is 315 g/mol. The van der Waals surface area contributed by atoms with E-state index in [0.29, 0.717) is 25.1 Å². The predicted molar refractivity (Wildman–Crippen MR) is 77.8 cm³/mol. The normalized spacial score (nSPS) is 22.2. The molecule has 2 atom stereocenters. The van der Waals surface area contributed by atoms with Gasteiger partial charge in [-0.25, -0.2) is 4.98 Å². The molecule has 1 saturated carbocycles. The minimum atomic E-state index is -4.27. The highest BCUT2D eigenvalue weighted by Crippen LogP contribution is 2.37. The second kappa shape index (κ2) is 6.54. The molecule has 1 aliphatic rings.